The summed E-state index contributed by atoms with van der Waals surface area (Å²) in [4.78, 5) is 16.7. The van der Waals surface area contributed by atoms with Crippen molar-refractivity contribution in [3.63, 3.8) is 0 Å². The van der Waals surface area contributed by atoms with Gasteiger partial charge in [-0.3, -0.25) is 4.79 Å². The lowest BCUT2D eigenvalue weighted by atomic mass is 10.2. The standard InChI is InChI=1S/C35H41NO3P2/c1-3-5-27-36(28-6-4-2)35(37)34(41(39,32-23-15-9-16-24-32)33-25-17-10-18-26-33)29-40(38,30-19-11-7-12-20-30)31-21-13-8-14-22-31/h7-26,34H,3-6,27-29H2,1-2H3. The van der Waals surface area contributed by atoms with Crippen molar-refractivity contribution in [1.82, 2.24) is 4.90 Å². The van der Waals surface area contributed by atoms with Crippen molar-refractivity contribution >= 4 is 41.4 Å². The summed E-state index contributed by atoms with van der Waals surface area (Å²) >= 11 is 0. The monoisotopic (exact) mass is 585 g/mol. The molecule has 41 heavy (non-hydrogen) atoms. The molecule has 0 saturated carbocycles. The molecule has 0 fully saturated rings. The third kappa shape index (κ3) is 7.00. The minimum atomic E-state index is -3.61. The Hall–Kier alpha value is -3.19. The number of rotatable bonds is 14. The van der Waals surface area contributed by atoms with E-state index in [0.717, 1.165) is 25.7 Å². The predicted molar refractivity (Wildman–Crippen MR) is 175 cm³/mol. The molecule has 1 amide bonds. The van der Waals surface area contributed by atoms with Crippen LogP contribution in [0.4, 0.5) is 0 Å². The van der Waals surface area contributed by atoms with Gasteiger partial charge in [0, 0.05) is 40.5 Å². The molecule has 0 spiro atoms. The van der Waals surface area contributed by atoms with Crippen molar-refractivity contribution in [2.45, 2.75) is 45.2 Å². The Labute approximate surface area is 245 Å². The maximum atomic E-state index is 15.8. The average molecular weight is 586 g/mol. The summed E-state index contributed by atoms with van der Waals surface area (Å²) in [6, 6.07) is 37.5. The van der Waals surface area contributed by atoms with Crippen molar-refractivity contribution in [2.24, 2.45) is 0 Å². The van der Waals surface area contributed by atoms with E-state index in [1.165, 1.54) is 0 Å². The number of benzene rings is 4. The number of hydrogen-bond donors (Lipinski definition) is 0. The van der Waals surface area contributed by atoms with E-state index in [0.29, 0.717) is 34.3 Å². The SMILES string of the molecule is CCCCN(CCCC)C(=O)C(CP(=O)(c1ccccc1)c1ccccc1)P(=O)(c1ccccc1)c1ccccc1. The zero-order chi connectivity index (χ0) is 29.1. The van der Waals surface area contributed by atoms with Crippen LogP contribution < -0.4 is 21.2 Å². The summed E-state index contributed by atoms with van der Waals surface area (Å²) in [5.41, 5.74) is -0.993. The lowest BCUT2D eigenvalue weighted by molar-refractivity contribution is -0.130. The second kappa shape index (κ2) is 14.6. The van der Waals surface area contributed by atoms with Gasteiger partial charge in [0.15, 0.2) is 7.14 Å². The van der Waals surface area contributed by atoms with Crippen LogP contribution in [0.25, 0.3) is 0 Å². The number of carbonyl (C=O) groups excluding carboxylic acids is 1. The van der Waals surface area contributed by atoms with Gasteiger partial charge in [-0.2, -0.15) is 0 Å². The molecule has 0 radical (unpaired) electrons. The fourth-order valence-electron chi connectivity index (χ4n) is 5.34. The smallest absolute Gasteiger partial charge is 0.234 e. The number of unbranched alkanes of at least 4 members (excludes halogenated alkanes) is 2. The van der Waals surface area contributed by atoms with Crippen LogP contribution in [0.15, 0.2) is 121 Å². The first-order valence-electron chi connectivity index (χ1n) is 14.6. The van der Waals surface area contributed by atoms with Crippen LogP contribution in [0.5, 0.6) is 0 Å². The molecule has 0 N–H and O–H groups in total. The molecule has 6 heteroatoms. The Kier molecular flexibility index (Phi) is 11.0. The molecule has 0 aliphatic heterocycles. The van der Waals surface area contributed by atoms with Crippen molar-refractivity contribution in [2.75, 3.05) is 19.3 Å². The molecule has 1 atom stereocenters. The van der Waals surface area contributed by atoms with Crippen LogP contribution >= 0.6 is 14.3 Å². The normalized spacial score (nSPS) is 12.5. The highest BCUT2D eigenvalue weighted by Crippen LogP contribution is 2.56. The molecule has 214 valence electrons. The van der Waals surface area contributed by atoms with Crippen molar-refractivity contribution in [3.8, 4) is 0 Å². The second-order valence-corrected chi connectivity index (χ2v) is 16.3. The van der Waals surface area contributed by atoms with E-state index in [9.17, 15) is 4.79 Å². The van der Waals surface area contributed by atoms with E-state index in [1.807, 2.05) is 126 Å². The third-order valence-electron chi connectivity index (χ3n) is 7.65. The number of hydrogen-bond acceptors (Lipinski definition) is 3. The molecule has 0 aromatic heterocycles. The highest BCUT2D eigenvalue weighted by atomic mass is 31.2. The molecule has 0 aliphatic carbocycles. The first kappa shape index (κ1) is 30.8. The Morgan fingerprint density at radius 1 is 0.585 bits per heavy atom. The Balaban J connectivity index is 1.97. The van der Waals surface area contributed by atoms with E-state index >= 15 is 9.13 Å². The second-order valence-electron chi connectivity index (χ2n) is 10.5. The maximum Gasteiger partial charge on any atom is 0.234 e. The molecule has 4 nitrogen and oxygen atoms in total. The molecule has 0 saturated heterocycles. The summed E-state index contributed by atoms with van der Waals surface area (Å²) in [5.74, 6) is -0.171. The lowest BCUT2D eigenvalue weighted by Gasteiger charge is -2.35. The van der Waals surface area contributed by atoms with Crippen LogP contribution in [0.2, 0.25) is 0 Å². The molecule has 4 aromatic rings. The van der Waals surface area contributed by atoms with Crippen molar-refractivity contribution in [1.29, 1.82) is 0 Å². The molecular weight excluding hydrogens is 544 g/mol. The van der Waals surface area contributed by atoms with Crippen molar-refractivity contribution in [3.05, 3.63) is 121 Å². The van der Waals surface area contributed by atoms with Gasteiger partial charge in [0.1, 0.15) is 12.8 Å². The summed E-state index contributed by atoms with van der Waals surface area (Å²) < 4.78 is 31.2. The van der Waals surface area contributed by atoms with Gasteiger partial charge < -0.3 is 14.0 Å². The minimum absolute atomic E-state index is 0.0182. The molecule has 0 heterocycles. The molecule has 0 bridgehead atoms. The van der Waals surface area contributed by atoms with Crippen LogP contribution in [0.3, 0.4) is 0 Å². The van der Waals surface area contributed by atoms with Crippen LogP contribution in [-0.4, -0.2) is 35.7 Å². The Morgan fingerprint density at radius 2 is 0.927 bits per heavy atom. The van der Waals surface area contributed by atoms with Gasteiger partial charge in [-0.1, -0.05) is 148 Å². The van der Waals surface area contributed by atoms with Crippen molar-refractivity contribution < 1.29 is 13.9 Å². The number of nitrogens with zero attached hydrogens (tertiary/aromatic N) is 1. The first-order valence-corrected chi connectivity index (χ1v) is 18.3. The molecule has 4 aromatic carbocycles. The number of carbonyl (C=O) groups is 1. The molecule has 0 aliphatic rings. The van der Waals surface area contributed by atoms with Gasteiger partial charge in [-0.15, -0.1) is 0 Å². The fraction of sp³-hybridized carbons (Fsp3) is 0.286. The molecule has 4 rings (SSSR count). The first-order chi connectivity index (χ1) is 19.9. The lowest BCUT2D eigenvalue weighted by Crippen LogP contribution is -2.46. The van der Waals surface area contributed by atoms with Gasteiger partial charge in [0.05, 0.1) is 0 Å². The van der Waals surface area contributed by atoms with Crippen LogP contribution in [0, 0.1) is 0 Å². The highest BCUT2D eigenvalue weighted by molar-refractivity contribution is 7.83. The quantitative estimate of drug-likeness (QED) is 0.153. The van der Waals surface area contributed by atoms with Gasteiger partial charge in [-0.05, 0) is 12.8 Å². The van der Waals surface area contributed by atoms with E-state index < -0.39 is 19.9 Å². The van der Waals surface area contributed by atoms with Crippen LogP contribution in [0.1, 0.15) is 39.5 Å². The predicted octanol–water partition coefficient (Wildman–Crippen LogP) is 6.81. The summed E-state index contributed by atoms with van der Waals surface area (Å²) in [7, 11) is -6.99. The number of amides is 1. The van der Waals surface area contributed by atoms with E-state index in [1.54, 1.807) is 0 Å². The van der Waals surface area contributed by atoms with E-state index in [-0.39, 0.29) is 12.1 Å². The topological polar surface area (TPSA) is 54.5 Å². The van der Waals surface area contributed by atoms with Gasteiger partial charge in [-0.25, -0.2) is 0 Å². The van der Waals surface area contributed by atoms with Crippen LogP contribution in [-0.2, 0) is 13.9 Å². The van der Waals surface area contributed by atoms with Gasteiger partial charge in [0.2, 0.25) is 5.91 Å². The zero-order valence-electron chi connectivity index (χ0n) is 24.1. The average Bonchev–Trinajstić information content (AvgIpc) is 3.04. The Bertz CT molecular complexity index is 1370. The largest absolute Gasteiger partial charge is 0.342 e. The van der Waals surface area contributed by atoms with E-state index in [4.69, 9.17) is 0 Å². The summed E-state index contributed by atoms with van der Waals surface area (Å²) in [6.07, 6.45) is 3.59. The summed E-state index contributed by atoms with van der Waals surface area (Å²) in [6.45, 7) is 5.41. The maximum absolute atomic E-state index is 15.8. The Morgan fingerprint density at radius 3 is 1.27 bits per heavy atom. The summed E-state index contributed by atoms with van der Waals surface area (Å²) in [5, 5.41) is 2.57. The fourth-order valence-corrected chi connectivity index (χ4v) is 12.3. The third-order valence-corrected chi connectivity index (χ3v) is 14.5. The minimum Gasteiger partial charge on any atom is -0.342 e. The highest BCUT2D eigenvalue weighted by Gasteiger charge is 2.47. The van der Waals surface area contributed by atoms with E-state index in [2.05, 4.69) is 13.8 Å². The van der Waals surface area contributed by atoms with Gasteiger partial charge in [0.25, 0.3) is 0 Å². The molecule has 1 unspecified atom stereocenters. The molecular formula is C35H41NO3P2. The zero-order valence-corrected chi connectivity index (χ0v) is 25.9. The van der Waals surface area contributed by atoms with Gasteiger partial charge >= 0.3 is 0 Å².